The predicted molar refractivity (Wildman–Crippen MR) is 51.6 cm³/mol. The average Bonchev–Trinajstić information content (AvgIpc) is 2.85. The highest BCUT2D eigenvalue weighted by molar-refractivity contribution is 7.93. The van der Waals surface area contributed by atoms with Crippen LogP contribution in [0.3, 0.4) is 0 Å². The summed E-state index contributed by atoms with van der Waals surface area (Å²) in [6.07, 6.45) is 5.72. The highest BCUT2D eigenvalue weighted by Crippen LogP contribution is 2.31. The van der Waals surface area contributed by atoms with Crippen LogP contribution in [0, 0.1) is 0 Å². The van der Waals surface area contributed by atoms with Crippen molar-refractivity contribution in [2.75, 3.05) is 6.54 Å². The van der Waals surface area contributed by atoms with Crippen LogP contribution in [0.15, 0.2) is 11.0 Å². The van der Waals surface area contributed by atoms with E-state index in [0.717, 1.165) is 25.7 Å². The van der Waals surface area contributed by atoms with Crippen molar-refractivity contribution in [2.24, 2.45) is 0 Å². The average molecular weight is 201 g/mol. The molecule has 2 rings (SSSR count). The normalized spacial score (nSPS) is 34.1. The molecule has 1 aliphatic carbocycles. The van der Waals surface area contributed by atoms with E-state index in [9.17, 15) is 8.42 Å². The zero-order valence-corrected chi connectivity index (χ0v) is 8.68. The maximum absolute atomic E-state index is 11.8. The van der Waals surface area contributed by atoms with Crippen molar-refractivity contribution in [3.05, 3.63) is 11.0 Å². The van der Waals surface area contributed by atoms with Crippen molar-refractivity contribution in [1.82, 2.24) is 4.31 Å². The number of rotatable bonds is 2. The van der Waals surface area contributed by atoms with Crippen LogP contribution in [0.5, 0.6) is 0 Å². The van der Waals surface area contributed by atoms with Crippen molar-refractivity contribution >= 4 is 10.0 Å². The minimum Gasteiger partial charge on any atom is -0.207 e. The van der Waals surface area contributed by atoms with Crippen LogP contribution < -0.4 is 0 Å². The molecule has 2 unspecified atom stereocenters. The Morgan fingerprint density at radius 2 is 2.15 bits per heavy atom. The molecule has 1 heterocycles. The minimum absolute atomic E-state index is 0.229. The molecule has 0 spiro atoms. The van der Waals surface area contributed by atoms with Gasteiger partial charge >= 0.3 is 0 Å². The summed E-state index contributed by atoms with van der Waals surface area (Å²) in [6, 6.07) is 0.229. The lowest BCUT2D eigenvalue weighted by Gasteiger charge is -2.13. The Balaban J connectivity index is 2.19. The third-order valence-electron chi connectivity index (χ3n) is 2.69. The van der Waals surface area contributed by atoms with Crippen LogP contribution in [0.1, 0.15) is 32.6 Å². The fourth-order valence-corrected chi connectivity index (χ4v) is 3.66. The molecule has 2 aliphatic rings. The maximum Gasteiger partial charge on any atom is 0.239 e. The second kappa shape index (κ2) is 3.10. The second-order valence-corrected chi connectivity index (χ2v) is 5.78. The van der Waals surface area contributed by atoms with E-state index in [2.05, 4.69) is 0 Å². The molecule has 0 aromatic rings. The van der Waals surface area contributed by atoms with Gasteiger partial charge in [-0.25, -0.2) is 8.42 Å². The van der Waals surface area contributed by atoms with Crippen molar-refractivity contribution < 1.29 is 8.42 Å². The van der Waals surface area contributed by atoms with E-state index in [4.69, 9.17) is 0 Å². The fraction of sp³-hybridized carbons (Fsp3) is 0.778. The molecular weight excluding hydrogens is 186 g/mol. The molecule has 74 valence electrons. The number of sulfonamides is 1. The fourth-order valence-electron chi connectivity index (χ4n) is 1.74. The van der Waals surface area contributed by atoms with Crippen molar-refractivity contribution in [3.63, 3.8) is 0 Å². The summed E-state index contributed by atoms with van der Waals surface area (Å²) in [6.45, 7) is 2.65. The van der Waals surface area contributed by atoms with Gasteiger partial charge in [-0.2, -0.15) is 4.31 Å². The number of hydrogen-bond donors (Lipinski definition) is 0. The Morgan fingerprint density at radius 3 is 2.62 bits per heavy atom. The molecule has 13 heavy (non-hydrogen) atoms. The van der Waals surface area contributed by atoms with Gasteiger partial charge in [0.2, 0.25) is 10.0 Å². The first kappa shape index (κ1) is 9.21. The smallest absolute Gasteiger partial charge is 0.207 e. The first-order valence-electron chi connectivity index (χ1n) is 4.83. The van der Waals surface area contributed by atoms with E-state index in [-0.39, 0.29) is 6.04 Å². The lowest BCUT2D eigenvalue weighted by Crippen LogP contribution is -2.17. The Morgan fingerprint density at radius 1 is 1.46 bits per heavy atom. The molecule has 0 N–H and O–H groups in total. The topological polar surface area (TPSA) is 37.1 Å². The standard InChI is InChI=1S/C9H15NO2S/c1-8-7-10(8)13(11,12)9-5-3-2-4-6-9/h5,8H,2-4,6-7H2,1H3. The summed E-state index contributed by atoms with van der Waals surface area (Å²) in [5, 5.41) is 0. The highest BCUT2D eigenvalue weighted by Gasteiger charge is 2.42. The molecule has 0 bridgehead atoms. The molecular formula is C9H15NO2S. The van der Waals surface area contributed by atoms with Crippen LogP contribution in [0.2, 0.25) is 0 Å². The summed E-state index contributed by atoms with van der Waals surface area (Å²) < 4.78 is 25.2. The monoisotopic (exact) mass is 201 g/mol. The Labute approximate surface area is 79.5 Å². The molecule has 0 saturated carbocycles. The molecule has 0 radical (unpaired) electrons. The summed E-state index contributed by atoms with van der Waals surface area (Å²) in [7, 11) is -3.04. The van der Waals surface area contributed by atoms with Gasteiger partial charge in [-0.15, -0.1) is 0 Å². The predicted octanol–water partition coefficient (Wildman–Crippen LogP) is 1.48. The van der Waals surface area contributed by atoms with Gasteiger partial charge in [0.1, 0.15) is 0 Å². The molecule has 1 fully saturated rings. The molecule has 1 saturated heterocycles. The van der Waals surface area contributed by atoms with Gasteiger partial charge in [0.05, 0.1) is 4.91 Å². The van der Waals surface area contributed by atoms with E-state index in [1.54, 1.807) is 4.31 Å². The minimum atomic E-state index is -3.04. The van der Waals surface area contributed by atoms with Gasteiger partial charge in [0, 0.05) is 12.6 Å². The zero-order chi connectivity index (χ0) is 9.47. The lowest BCUT2D eigenvalue weighted by molar-refractivity contribution is 0.556. The summed E-state index contributed by atoms with van der Waals surface area (Å²) >= 11 is 0. The van der Waals surface area contributed by atoms with Crippen molar-refractivity contribution in [1.29, 1.82) is 0 Å². The van der Waals surface area contributed by atoms with Crippen molar-refractivity contribution in [3.8, 4) is 0 Å². The molecule has 2 atom stereocenters. The van der Waals surface area contributed by atoms with Crippen LogP contribution in [0.25, 0.3) is 0 Å². The summed E-state index contributed by atoms with van der Waals surface area (Å²) in [5.41, 5.74) is 0. The van der Waals surface area contributed by atoms with Gasteiger partial charge in [-0.3, -0.25) is 0 Å². The molecule has 0 aromatic carbocycles. The molecule has 4 heteroatoms. The van der Waals surface area contributed by atoms with E-state index in [1.807, 2.05) is 13.0 Å². The van der Waals surface area contributed by atoms with Crippen LogP contribution >= 0.6 is 0 Å². The Hall–Kier alpha value is -0.350. The number of nitrogens with zero attached hydrogens (tertiary/aromatic N) is 1. The third-order valence-corrected chi connectivity index (χ3v) is 4.85. The zero-order valence-electron chi connectivity index (χ0n) is 7.86. The van der Waals surface area contributed by atoms with E-state index >= 15 is 0 Å². The summed E-state index contributed by atoms with van der Waals surface area (Å²) in [4.78, 5) is 0.656. The van der Waals surface area contributed by atoms with Crippen LogP contribution in [-0.2, 0) is 10.0 Å². The van der Waals surface area contributed by atoms with Crippen LogP contribution in [0.4, 0.5) is 0 Å². The molecule has 0 amide bonds. The number of allylic oxidation sites excluding steroid dienone is 2. The van der Waals surface area contributed by atoms with E-state index < -0.39 is 10.0 Å². The lowest BCUT2D eigenvalue weighted by atomic mass is 10.1. The Kier molecular flexibility index (Phi) is 2.20. The first-order chi connectivity index (χ1) is 6.12. The maximum atomic E-state index is 11.8. The Bertz CT molecular complexity index is 332. The molecule has 3 nitrogen and oxygen atoms in total. The van der Waals surface area contributed by atoms with E-state index in [1.165, 1.54) is 0 Å². The van der Waals surface area contributed by atoms with Crippen LogP contribution in [-0.4, -0.2) is 25.3 Å². The van der Waals surface area contributed by atoms with Gasteiger partial charge in [0.15, 0.2) is 0 Å². The summed E-state index contributed by atoms with van der Waals surface area (Å²) in [5.74, 6) is 0. The number of hydrogen-bond acceptors (Lipinski definition) is 2. The SMILES string of the molecule is CC1CN1S(=O)(=O)C1=CCCCC1. The van der Waals surface area contributed by atoms with Gasteiger partial charge in [-0.05, 0) is 32.6 Å². The van der Waals surface area contributed by atoms with Gasteiger partial charge < -0.3 is 0 Å². The largest absolute Gasteiger partial charge is 0.239 e. The highest BCUT2D eigenvalue weighted by atomic mass is 32.2. The molecule has 1 aliphatic heterocycles. The quantitative estimate of drug-likeness (QED) is 0.634. The van der Waals surface area contributed by atoms with Gasteiger partial charge in [0.25, 0.3) is 0 Å². The first-order valence-corrected chi connectivity index (χ1v) is 6.27. The van der Waals surface area contributed by atoms with E-state index in [0.29, 0.717) is 11.4 Å². The molecule has 0 aromatic heterocycles. The van der Waals surface area contributed by atoms with Crippen molar-refractivity contribution in [2.45, 2.75) is 38.6 Å². The second-order valence-electron chi connectivity index (χ2n) is 3.84. The van der Waals surface area contributed by atoms with Gasteiger partial charge in [-0.1, -0.05) is 6.08 Å². The third kappa shape index (κ3) is 1.65.